The molecule has 0 atom stereocenters. The van der Waals surface area contributed by atoms with Gasteiger partial charge in [0.1, 0.15) is 12.4 Å². The molecule has 138 valence electrons. The Hall–Kier alpha value is -1.23. The maximum Gasteiger partial charge on any atom is 0.216 e. The lowest BCUT2D eigenvalue weighted by atomic mass is 10.2. The number of aromatic amines is 1. The van der Waals surface area contributed by atoms with Crippen LogP contribution in [0.1, 0.15) is 26.6 Å². The molecule has 0 aliphatic carbocycles. The molecule has 0 unspecified atom stereocenters. The lowest BCUT2D eigenvalue weighted by Gasteiger charge is -2.39. The van der Waals surface area contributed by atoms with Crippen molar-refractivity contribution in [2.24, 2.45) is 4.99 Å². The Morgan fingerprint density at radius 3 is 3.04 bits per heavy atom. The molecule has 0 spiro atoms. The number of aromatic nitrogens is 3. The van der Waals surface area contributed by atoms with Crippen LogP contribution < -0.4 is 5.32 Å². The zero-order chi connectivity index (χ0) is 17.0. The molecule has 3 rings (SSSR count). The summed E-state index contributed by atoms with van der Waals surface area (Å²) in [5.41, 5.74) is 0. The van der Waals surface area contributed by atoms with E-state index in [0.717, 1.165) is 37.2 Å². The first-order chi connectivity index (χ1) is 11.6. The third-order valence-electron chi connectivity index (χ3n) is 3.71. The van der Waals surface area contributed by atoms with Crippen molar-refractivity contribution in [3.05, 3.63) is 24.2 Å². The molecule has 1 saturated heterocycles. The van der Waals surface area contributed by atoms with Gasteiger partial charge in [-0.1, -0.05) is 0 Å². The molecule has 3 heterocycles. The molecule has 7 nitrogen and oxygen atoms in total. The molecule has 1 aliphatic heterocycles. The third kappa shape index (κ3) is 5.37. The minimum atomic E-state index is 0. The molecule has 0 saturated carbocycles. The van der Waals surface area contributed by atoms with Gasteiger partial charge >= 0.3 is 0 Å². The SMILES string of the molecule is CCNC(=NCc1nc(-c2ccco2)n[nH]1)N1CCSC(C)(C)C1.I. The highest BCUT2D eigenvalue weighted by Gasteiger charge is 2.28. The first-order valence-electron chi connectivity index (χ1n) is 8.20. The number of nitrogens with zero attached hydrogens (tertiary/aromatic N) is 4. The minimum Gasteiger partial charge on any atom is -0.461 e. The minimum absolute atomic E-state index is 0. The number of rotatable bonds is 4. The van der Waals surface area contributed by atoms with E-state index in [0.29, 0.717) is 18.1 Å². The smallest absolute Gasteiger partial charge is 0.216 e. The average molecular weight is 476 g/mol. The van der Waals surface area contributed by atoms with Gasteiger partial charge in [0.05, 0.1) is 6.26 Å². The lowest BCUT2D eigenvalue weighted by molar-refractivity contribution is 0.375. The first kappa shape index (κ1) is 20.1. The van der Waals surface area contributed by atoms with E-state index in [1.54, 1.807) is 6.26 Å². The van der Waals surface area contributed by atoms with E-state index in [4.69, 9.17) is 9.41 Å². The third-order valence-corrected chi connectivity index (χ3v) is 5.01. The van der Waals surface area contributed by atoms with Crippen LogP contribution in [0.3, 0.4) is 0 Å². The highest BCUT2D eigenvalue weighted by atomic mass is 127. The lowest BCUT2D eigenvalue weighted by Crippen LogP contribution is -2.50. The predicted octanol–water partition coefficient (Wildman–Crippen LogP) is 2.98. The summed E-state index contributed by atoms with van der Waals surface area (Å²) in [6.45, 7) is 9.93. The number of guanidine groups is 1. The van der Waals surface area contributed by atoms with Crippen LogP contribution in [0.5, 0.6) is 0 Å². The summed E-state index contributed by atoms with van der Waals surface area (Å²) in [6, 6.07) is 3.66. The molecule has 9 heteroatoms. The van der Waals surface area contributed by atoms with Gasteiger partial charge in [0.2, 0.25) is 5.82 Å². The van der Waals surface area contributed by atoms with Crippen LogP contribution in [-0.4, -0.2) is 56.2 Å². The van der Waals surface area contributed by atoms with Gasteiger partial charge in [0, 0.05) is 30.1 Å². The van der Waals surface area contributed by atoms with E-state index in [2.05, 4.69) is 46.2 Å². The maximum atomic E-state index is 5.31. The summed E-state index contributed by atoms with van der Waals surface area (Å²) in [7, 11) is 0. The van der Waals surface area contributed by atoms with Gasteiger partial charge in [-0.3, -0.25) is 5.10 Å². The van der Waals surface area contributed by atoms with E-state index in [-0.39, 0.29) is 28.7 Å². The van der Waals surface area contributed by atoms with Crippen molar-refractivity contribution in [3.8, 4) is 11.6 Å². The standard InChI is InChI=1S/C16H24N6OS.HI/c1-4-17-15(22-7-9-24-16(2,3)11-22)18-10-13-19-14(21-20-13)12-6-5-8-23-12;/h5-6,8H,4,7,9-11H2,1-3H3,(H,17,18)(H,19,20,21);1H. The first-order valence-corrected chi connectivity index (χ1v) is 9.18. The summed E-state index contributed by atoms with van der Waals surface area (Å²) in [6.07, 6.45) is 1.61. The zero-order valence-corrected chi connectivity index (χ0v) is 17.9. The second-order valence-electron chi connectivity index (χ2n) is 6.28. The molecular weight excluding hydrogens is 451 g/mol. The fourth-order valence-corrected chi connectivity index (χ4v) is 3.77. The van der Waals surface area contributed by atoms with Gasteiger partial charge < -0.3 is 14.6 Å². The van der Waals surface area contributed by atoms with Crippen molar-refractivity contribution >= 4 is 41.7 Å². The number of nitrogens with one attached hydrogen (secondary N) is 2. The van der Waals surface area contributed by atoms with Crippen LogP contribution in [0, 0.1) is 0 Å². The van der Waals surface area contributed by atoms with Crippen molar-refractivity contribution in [1.29, 1.82) is 0 Å². The fourth-order valence-electron chi connectivity index (χ4n) is 2.65. The van der Waals surface area contributed by atoms with Crippen LogP contribution in [-0.2, 0) is 6.54 Å². The summed E-state index contributed by atoms with van der Waals surface area (Å²) in [5.74, 6) is 3.99. The highest BCUT2D eigenvalue weighted by Crippen LogP contribution is 2.29. The Morgan fingerprint density at radius 2 is 2.36 bits per heavy atom. The van der Waals surface area contributed by atoms with Gasteiger partial charge in [-0.25, -0.2) is 9.98 Å². The van der Waals surface area contributed by atoms with Crippen molar-refractivity contribution in [2.75, 3.05) is 25.4 Å². The van der Waals surface area contributed by atoms with E-state index in [1.165, 1.54) is 0 Å². The van der Waals surface area contributed by atoms with Crippen LogP contribution >= 0.6 is 35.7 Å². The summed E-state index contributed by atoms with van der Waals surface area (Å²) in [4.78, 5) is 11.5. The number of hydrogen-bond donors (Lipinski definition) is 2. The topological polar surface area (TPSA) is 82.3 Å². The molecule has 2 N–H and O–H groups in total. The maximum absolute atomic E-state index is 5.31. The normalized spacial score (nSPS) is 17.2. The predicted molar refractivity (Wildman–Crippen MR) is 112 cm³/mol. The van der Waals surface area contributed by atoms with Gasteiger partial charge in [0.15, 0.2) is 11.7 Å². The molecule has 0 aromatic carbocycles. The molecule has 0 radical (unpaired) electrons. The molecule has 1 fully saturated rings. The van der Waals surface area contributed by atoms with Gasteiger partial charge in [-0.15, -0.1) is 29.1 Å². The average Bonchev–Trinajstić information content (AvgIpc) is 3.21. The van der Waals surface area contributed by atoms with Crippen LogP contribution in [0.2, 0.25) is 0 Å². The van der Waals surface area contributed by atoms with Crippen molar-refractivity contribution in [2.45, 2.75) is 32.1 Å². The monoisotopic (exact) mass is 476 g/mol. The van der Waals surface area contributed by atoms with Gasteiger partial charge in [-0.2, -0.15) is 11.8 Å². The number of hydrogen-bond acceptors (Lipinski definition) is 5. The van der Waals surface area contributed by atoms with E-state index < -0.39 is 0 Å². The quantitative estimate of drug-likeness (QED) is 0.401. The number of halogens is 1. The largest absolute Gasteiger partial charge is 0.461 e. The summed E-state index contributed by atoms with van der Waals surface area (Å²) < 4.78 is 5.55. The Kier molecular flexibility index (Phi) is 7.17. The van der Waals surface area contributed by atoms with Crippen molar-refractivity contribution < 1.29 is 4.42 Å². The molecular formula is C16H25IN6OS. The molecule has 2 aromatic rings. The molecule has 25 heavy (non-hydrogen) atoms. The number of furan rings is 1. The molecule has 1 aliphatic rings. The Morgan fingerprint density at radius 1 is 1.52 bits per heavy atom. The highest BCUT2D eigenvalue weighted by molar-refractivity contribution is 14.0. The van der Waals surface area contributed by atoms with E-state index in [1.807, 2.05) is 23.9 Å². The van der Waals surface area contributed by atoms with Gasteiger partial charge in [0.25, 0.3) is 0 Å². The summed E-state index contributed by atoms with van der Waals surface area (Å²) in [5, 5.41) is 10.5. The second kappa shape index (κ2) is 8.93. The van der Waals surface area contributed by atoms with Crippen LogP contribution in [0.15, 0.2) is 27.8 Å². The van der Waals surface area contributed by atoms with Crippen molar-refractivity contribution in [3.63, 3.8) is 0 Å². The van der Waals surface area contributed by atoms with Gasteiger partial charge in [-0.05, 0) is 32.9 Å². The van der Waals surface area contributed by atoms with E-state index >= 15 is 0 Å². The van der Waals surface area contributed by atoms with Crippen LogP contribution in [0.4, 0.5) is 0 Å². The van der Waals surface area contributed by atoms with E-state index in [9.17, 15) is 0 Å². The summed E-state index contributed by atoms with van der Waals surface area (Å²) >= 11 is 2.01. The fraction of sp³-hybridized carbons (Fsp3) is 0.562. The second-order valence-corrected chi connectivity index (χ2v) is 8.08. The number of H-pyrrole nitrogens is 1. The number of thioether (sulfide) groups is 1. The van der Waals surface area contributed by atoms with Crippen molar-refractivity contribution in [1.82, 2.24) is 25.4 Å². The zero-order valence-electron chi connectivity index (χ0n) is 14.8. The Bertz CT molecular complexity index is 685. The molecule has 0 amide bonds. The Balaban J connectivity index is 0.00000225. The number of aliphatic imine (C=N–C) groups is 1. The molecule has 2 aromatic heterocycles. The van der Waals surface area contributed by atoms with Crippen LogP contribution in [0.25, 0.3) is 11.6 Å². The molecule has 0 bridgehead atoms. The Labute approximate surface area is 169 Å².